The summed E-state index contributed by atoms with van der Waals surface area (Å²) >= 11 is 0. The number of amides is 2. The van der Waals surface area contributed by atoms with E-state index in [2.05, 4.69) is 12.2 Å². The normalized spacial score (nSPS) is 11.5. The second kappa shape index (κ2) is 14.9. The summed E-state index contributed by atoms with van der Waals surface area (Å²) in [5.41, 5.74) is 1.89. The lowest BCUT2D eigenvalue weighted by molar-refractivity contribution is -0.140. The largest absolute Gasteiger partial charge is 0.497 e. The zero-order valence-corrected chi connectivity index (χ0v) is 21.8. The van der Waals surface area contributed by atoms with E-state index in [-0.39, 0.29) is 18.2 Å². The molecule has 7 nitrogen and oxygen atoms in total. The molecule has 2 rings (SSSR count). The van der Waals surface area contributed by atoms with Gasteiger partial charge in [0.25, 0.3) is 0 Å². The lowest BCUT2D eigenvalue weighted by Crippen LogP contribution is -2.47. The van der Waals surface area contributed by atoms with Crippen LogP contribution in [0.15, 0.2) is 42.5 Å². The number of rotatable bonds is 15. The van der Waals surface area contributed by atoms with Crippen LogP contribution in [0.1, 0.15) is 58.1 Å². The summed E-state index contributed by atoms with van der Waals surface area (Å²) in [6.07, 6.45) is 2.70. The quantitative estimate of drug-likeness (QED) is 0.369. The number of benzene rings is 2. The molecular formula is C28H40N2O5. The Morgan fingerprint density at radius 2 is 1.71 bits per heavy atom. The number of nitrogens with zero attached hydrogens (tertiary/aromatic N) is 1. The van der Waals surface area contributed by atoms with Gasteiger partial charge in [-0.3, -0.25) is 9.59 Å². The van der Waals surface area contributed by atoms with Crippen molar-refractivity contribution >= 4 is 11.8 Å². The standard InChI is InChI=1S/C28H40N2O5/c1-6-9-17-29-28(32)21(4)30(20-23-11-10-12-24(18-23)33-5)27(31)16-14-22-13-15-25(34-7-2)26(19-22)35-8-3/h10-13,15,18-19,21H,6-9,14,16-17,20H2,1-5H3,(H,29,32). The first-order valence-electron chi connectivity index (χ1n) is 12.5. The Morgan fingerprint density at radius 3 is 2.40 bits per heavy atom. The molecule has 0 bridgehead atoms. The molecule has 0 aromatic heterocycles. The molecule has 7 heteroatoms. The van der Waals surface area contributed by atoms with Crippen LogP contribution in [0.5, 0.6) is 17.2 Å². The monoisotopic (exact) mass is 484 g/mol. The zero-order chi connectivity index (χ0) is 25.6. The number of aryl methyl sites for hydroxylation is 1. The molecule has 35 heavy (non-hydrogen) atoms. The highest BCUT2D eigenvalue weighted by atomic mass is 16.5. The molecule has 2 aromatic rings. The van der Waals surface area contributed by atoms with Crippen molar-refractivity contribution in [1.82, 2.24) is 10.2 Å². The summed E-state index contributed by atoms with van der Waals surface area (Å²) in [6.45, 7) is 9.72. The average Bonchev–Trinajstić information content (AvgIpc) is 2.87. The molecule has 1 atom stereocenters. The van der Waals surface area contributed by atoms with E-state index < -0.39 is 6.04 Å². The Morgan fingerprint density at radius 1 is 0.971 bits per heavy atom. The third-order valence-corrected chi connectivity index (χ3v) is 5.72. The highest BCUT2D eigenvalue weighted by Gasteiger charge is 2.26. The summed E-state index contributed by atoms with van der Waals surface area (Å²) in [5.74, 6) is 1.86. The van der Waals surface area contributed by atoms with Gasteiger partial charge in [-0.05, 0) is 69.0 Å². The lowest BCUT2D eigenvalue weighted by atomic mass is 10.1. The molecule has 0 fully saturated rings. The number of hydrogen-bond acceptors (Lipinski definition) is 5. The molecular weight excluding hydrogens is 444 g/mol. The Kier molecular flexibility index (Phi) is 11.9. The van der Waals surface area contributed by atoms with Crippen LogP contribution in [0.2, 0.25) is 0 Å². The van der Waals surface area contributed by atoms with Gasteiger partial charge >= 0.3 is 0 Å². The minimum Gasteiger partial charge on any atom is -0.497 e. The van der Waals surface area contributed by atoms with Gasteiger partial charge in [0.15, 0.2) is 11.5 Å². The SMILES string of the molecule is CCCCNC(=O)C(C)N(Cc1cccc(OC)c1)C(=O)CCc1ccc(OCC)c(OCC)c1. The Hall–Kier alpha value is -3.22. The average molecular weight is 485 g/mol. The first-order chi connectivity index (χ1) is 16.9. The van der Waals surface area contributed by atoms with Gasteiger partial charge in [-0.15, -0.1) is 0 Å². The van der Waals surface area contributed by atoms with Gasteiger partial charge in [-0.2, -0.15) is 0 Å². The number of hydrogen-bond donors (Lipinski definition) is 1. The lowest BCUT2D eigenvalue weighted by Gasteiger charge is -2.29. The fourth-order valence-electron chi connectivity index (χ4n) is 3.73. The summed E-state index contributed by atoms with van der Waals surface area (Å²) in [7, 11) is 1.61. The molecule has 1 unspecified atom stereocenters. The van der Waals surface area contributed by atoms with Crippen LogP contribution in [0.4, 0.5) is 0 Å². The van der Waals surface area contributed by atoms with Gasteiger partial charge < -0.3 is 24.4 Å². The molecule has 0 aliphatic carbocycles. The molecule has 1 N–H and O–H groups in total. The molecule has 0 aliphatic rings. The highest BCUT2D eigenvalue weighted by Crippen LogP contribution is 2.29. The topological polar surface area (TPSA) is 77.1 Å². The first kappa shape index (κ1) is 28.0. The van der Waals surface area contributed by atoms with Crippen LogP contribution in [-0.4, -0.2) is 49.6 Å². The van der Waals surface area contributed by atoms with E-state index in [1.54, 1.807) is 18.9 Å². The number of carbonyl (C=O) groups excluding carboxylic acids is 2. The summed E-state index contributed by atoms with van der Waals surface area (Å²) in [6, 6.07) is 12.7. The maximum atomic E-state index is 13.4. The van der Waals surface area contributed by atoms with E-state index in [0.717, 1.165) is 24.0 Å². The third-order valence-electron chi connectivity index (χ3n) is 5.72. The summed E-state index contributed by atoms with van der Waals surface area (Å²) < 4.78 is 16.7. The highest BCUT2D eigenvalue weighted by molar-refractivity contribution is 5.87. The Labute approximate surface area is 209 Å². The maximum Gasteiger partial charge on any atom is 0.242 e. The van der Waals surface area contributed by atoms with Crippen molar-refractivity contribution in [1.29, 1.82) is 0 Å². The second-order valence-electron chi connectivity index (χ2n) is 8.34. The third kappa shape index (κ3) is 8.81. The number of ether oxygens (including phenoxy) is 3. The van der Waals surface area contributed by atoms with Crippen molar-refractivity contribution in [2.45, 2.75) is 66.0 Å². The van der Waals surface area contributed by atoms with Gasteiger partial charge in [-0.1, -0.05) is 31.5 Å². The van der Waals surface area contributed by atoms with Crippen LogP contribution in [0.3, 0.4) is 0 Å². The zero-order valence-electron chi connectivity index (χ0n) is 21.8. The molecule has 0 saturated carbocycles. The molecule has 192 valence electrons. The number of unbranched alkanes of at least 4 members (excludes halogenated alkanes) is 1. The predicted octanol–water partition coefficient (Wildman–Crippen LogP) is 4.76. The smallest absolute Gasteiger partial charge is 0.242 e. The van der Waals surface area contributed by atoms with Crippen LogP contribution in [-0.2, 0) is 22.6 Å². The number of carbonyl (C=O) groups is 2. The fraction of sp³-hybridized carbons (Fsp3) is 0.500. The van der Waals surface area contributed by atoms with Crippen molar-refractivity contribution in [3.63, 3.8) is 0 Å². The van der Waals surface area contributed by atoms with Crippen LogP contribution in [0.25, 0.3) is 0 Å². The van der Waals surface area contributed by atoms with Gasteiger partial charge in [0.05, 0.1) is 20.3 Å². The van der Waals surface area contributed by atoms with Gasteiger partial charge in [0.2, 0.25) is 11.8 Å². The van der Waals surface area contributed by atoms with Crippen LogP contribution in [0, 0.1) is 0 Å². The minimum atomic E-state index is -0.593. The predicted molar refractivity (Wildman–Crippen MR) is 138 cm³/mol. The molecule has 2 aromatic carbocycles. The van der Waals surface area contributed by atoms with E-state index in [9.17, 15) is 9.59 Å². The number of nitrogens with one attached hydrogen (secondary N) is 1. The summed E-state index contributed by atoms with van der Waals surface area (Å²) in [4.78, 5) is 27.8. The van der Waals surface area contributed by atoms with Crippen LogP contribution >= 0.6 is 0 Å². The molecule has 0 radical (unpaired) electrons. The van der Waals surface area contributed by atoms with Crippen molar-refractivity contribution in [3.8, 4) is 17.2 Å². The molecule has 0 aliphatic heterocycles. The van der Waals surface area contributed by atoms with Crippen molar-refractivity contribution in [2.75, 3.05) is 26.9 Å². The summed E-state index contributed by atoms with van der Waals surface area (Å²) in [5, 5.41) is 2.95. The molecule has 0 saturated heterocycles. The molecule has 2 amide bonds. The van der Waals surface area contributed by atoms with Gasteiger partial charge in [-0.25, -0.2) is 0 Å². The van der Waals surface area contributed by atoms with Crippen molar-refractivity contribution < 1.29 is 23.8 Å². The Balaban J connectivity index is 2.17. The maximum absolute atomic E-state index is 13.4. The van der Waals surface area contributed by atoms with E-state index in [1.807, 2.05) is 56.3 Å². The molecule has 0 heterocycles. The van der Waals surface area contributed by atoms with Crippen LogP contribution < -0.4 is 19.5 Å². The van der Waals surface area contributed by atoms with Gasteiger partial charge in [0, 0.05) is 19.5 Å². The van der Waals surface area contributed by atoms with E-state index in [4.69, 9.17) is 14.2 Å². The Bertz CT molecular complexity index is 947. The van der Waals surface area contributed by atoms with E-state index >= 15 is 0 Å². The molecule has 0 spiro atoms. The number of methoxy groups -OCH3 is 1. The van der Waals surface area contributed by atoms with E-state index in [1.165, 1.54) is 0 Å². The van der Waals surface area contributed by atoms with E-state index in [0.29, 0.717) is 50.0 Å². The minimum absolute atomic E-state index is 0.0854. The van der Waals surface area contributed by atoms with Crippen molar-refractivity contribution in [2.24, 2.45) is 0 Å². The fourth-order valence-corrected chi connectivity index (χ4v) is 3.73. The van der Waals surface area contributed by atoms with Gasteiger partial charge in [0.1, 0.15) is 11.8 Å². The van der Waals surface area contributed by atoms with Crippen molar-refractivity contribution in [3.05, 3.63) is 53.6 Å². The second-order valence-corrected chi connectivity index (χ2v) is 8.34. The first-order valence-corrected chi connectivity index (χ1v) is 12.5.